The normalized spacial score (nSPS) is 15.7. The molecule has 0 atom stereocenters. The first kappa shape index (κ1) is 19.9. The smallest absolute Gasteiger partial charge is 0.148 e. The Bertz CT molecular complexity index is 1010. The van der Waals surface area contributed by atoms with Crippen molar-refractivity contribution in [2.24, 2.45) is 0 Å². The summed E-state index contributed by atoms with van der Waals surface area (Å²) < 4.78 is 12.6. The molecule has 4 rings (SSSR count). The van der Waals surface area contributed by atoms with Crippen LogP contribution in [0, 0.1) is 0 Å². The van der Waals surface area contributed by atoms with Gasteiger partial charge in [0.2, 0.25) is 0 Å². The zero-order valence-electron chi connectivity index (χ0n) is 16.7. The van der Waals surface area contributed by atoms with Crippen molar-refractivity contribution in [1.82, 2.24) is 14.9 Å². The number of hydrogen-bond donors (Lipinski definition) is 1. The Morgan fingerprint density at radius 2 is 2.03 bits per heavy atom. The molecule has 0 amide bonds. The van der Waals surface area contributed by atoms with Crippen molar-refractivity contribution in [2.45, 2.75) is 25.8 Å². The molecule has 0 radical (unpaired) electrons. The van der Waals surface area contributed by atoms with Gasteiger partial charge in [0.15, 0.2) is 0 Å². The number of aromatic nitrogens is 2. The van der Waals surface area contributed by atoms with Gasteiger partial charge in [0.05, 0.1) is 19.1 Å². The van der Waals surface area contributed by atoms with Crippen LogP contribution in [0.1, 0.15) is 24.8 Å². The van der Waals surface area contributed by atoms with Crippen molar-refractivity contribution < 1.29 is 9.47 Å². The van der Waals surface area contributed by atoms with Crippen LogP contribution in [0.4, 0.5) is 11.5 Å². The minimum absolute atomic E-state index is 0.682. The predicted octanol–water partition coefficient (Wildman–Crippen LogP) is 5.14. The molecule has 2 heterocycles. The summed E-state index contributed by atoms with van der Waals surface area (Å²) in [6.45, 7) is 2.60. The molecule has 0 fully saturated rings. The lowest BCUT2D eigenvalue weighted by Gasteiger charge is -2.20. The van der Waals surface area contributed by atoms with Crippen LogP contribution in [-0.2, 0) is 6.54 Å². The summed E-state index contributed by atoms with van der Waals surface area (Å²) in [5.74, 6) is 2.19. The Labute approximate surface area is 179 Å². The molecule has 1 aromatic heterocycles. The third kappa shape index (κ3) is 4.62. The zero-order valence-corrected chi connectivity index (χ0v) is 18.3. The Kier molecular flexibility index (Phi) is 6.16. The van der Waals surface area contributed by atoms with Crippen LogP contribution in [-0.4, -0.2) is 42.2 Å². The maximum atomic E-state index is 6.02. The minimum atomic E-state index is 0.682. The fraction of sp³-hybridized carbons (Fsp3) is 0.364. The Hall–Kier alpha value is -2.38. The first-order chi connectivity index (χ1) is 14.1. The summed E-state index contributed by atoms with van der Waals surface area (Å²) in [7, 11) is 3.82. The summed E-state index contributed by atoms with van der Waals surface area (Å²) in [6.07, 6.45) is 4.86. The highest BCUT2D eigenvalue weighted by atomic mass is 79.9. The molecule has 29 heavy (non-hydrogen) atoms. The quantitative estimate of drug-likeness (QED) is 0.546. The van der Waals surface area contributed by atoms with E-state index in [9.17, 15) is 0 Å². The number of halogens is 1. The molecule has 1 aliphatic rings. The first-order valence-electron chi connectivity index (χ1n) is 9.83. The van der Waals surface area contributed by atoms with Crippen molar-refractivity contribution >= 4 is 38.3 Å². The van der Waals surface area contributed by atoms with Crippen LogP contribution < -0.4 is 14.8 Å². The maximum Gasteiger partial charge on any atom is 0.148 e. The Morgan fingerprint density at radius 1 is 1.14 bits per heavy atom. The van der Waals surface area contributed by atoms with Crippen molar-refractivity contribution in [3.63, 3.8) is 0 Å². The largest absolute Gasteiger partial charge is 0.494 e. The van der Waals surface area contributed by atoms with E-state index < -0.39 is 0 Å². The van der Waals surface area contributed by atoms with Gasteiger partial charge in [-0.15, -0.1) is 0 Å². The Morgan fingerprint density at radius 3 is 2.90 bits per heavy atom. The van der Waals surface area contributed by atoms with Crippen molar-refractivity contribution in [3.05, 3.63) is 46.7 Å². The van der Waals surface area contributed by atoms with Crippen LogP contribution in [0.3, 0.4) is 0 Å². The maximum absolute atomic E-state index is 6.02. The molecule has 2 bridgehead atoms. The van der Waals surface area contributed by atoms with Crippen LogP contribution >= 0.6 is 15.9 Å². The highest BCUT2D eigenvalue weighted by molar-refractivity contribution is 9.10. The molecule has 0 saturated carbocycles. The number of nitrogens with one attached hydrogen (secondary N) is 1. The molecule has 152 valence electrons. The Balaban J connectivity index is 1.83. The second-order valence-electron chi connectivity index (χ2n) is 7.32. The summed E-state index contributed by atoms with van der Waals surface area (Å²) in [5, 5.41) is 4.39. The third-order valence-corrected chi connectivity index (χ3v) is 5.61. The van der Waals surface area contributed by atoms with Gasteiger partial charge in [-0.2, -0.15) is 0 Å². The molecule has 1 aliphatic heterocycles. The summed E-state index contributed by atoms with van der Waals surface area (Å²) in [4.78, 5) is 11.3. The minimum Gasteiger partial charge on any atom is -0.494 e. The number of rotatable bonds is 1. The topological polar surface area (TPSA) is 59.5 Å². The number of fused-ring (bicyclic) bond motifs is 2. The lowest BCUT2D eigenvalue weighted by Crippen LogP contribution is -2.20. The molecule has 0 spiro atoms. The van der Waals surface area contributed by atoms with E-state index in [-0.39, 0.29) is 0 Å². The van der Waals surface area contributed by atoms with Gasteiger partial charge >= 0.3 is 0 Å². The molecule has 3 aromatic rings. The van der Waals surface area contributed by atoms with E-state index in [1.807, 2.05) is 12.1 Å². The lowest BCUT2D eigenvalue weighted by molar-refractivity contribution is 0.286. The van der Waals surface area contributed by atoms with Gasteiger partial charge in [-0.3, -0.25) is 0 Å². The monoisotopic (exact) mass is 456 g/mol. The lowest BCUT2D eigenvalue weighted by atomic mass is 10.1. The molecule has 0 unspecified atom stereocenters. The molecule has 0 aliphatic carbocycles. The first-order valence-corrected chi connectivity index (χ1v) is 10.6. The van der Waals surface area contributed by atoms with Gasteiger partial charge in [-0.05, 0) is 56.6 Å². The van der Waals surface area contributed by atoms with Gasteiger partial charge in [-0.25, -0.2) is 9.97 Å². The SMILES string of the molecule is COc1cc2cc3c(ncnc13)Nc1cc(Br)ccc1CN(C)CCCCCO2. The molecule has 1 N–H and O–H groups in total. The number of methoxy groups -OCH3 is 1. The van der Waals surface area contributed by atoms with E-state index in [0.717, 1.165) is 65.0 Å². The number of ether oxygens (including phenoxy) is 2. The van der Waals surface area contributed by atoms with Crippen molar-refractivity contribution in [2.75, 3.05) is 32.6 Å². The second kappa shape index (κ2) is 8.97. The second-order valence-corrected chi connectivity index (χ2v) is 8.23. The molecule has 0 saturated heterocycles. The third-order valence-electron chi connectivity index (χ3n) is 5.12. The summed E-state index contributed by atoms with van der Waals surface area (Å²) in [5.41, 5.74) is 3.00. The van der Waals surface area contributed by atoms with E-state index in [1.54, 1.807) is 13.4 Å². The van der Waals surface area contributed by atoms with E-state index in [0.29, 0.717) is 12.4 Å². The van der Waals surface area contributed by atoms with Gasteiger partial charge in [0.25, 0.3) is 0 Å². The molecular weight excluding hydrogens is 432 g/mol. The fourth-order valence-electron chi connectivity index (χ4n) is 3.60. The molecule has 2 aromatic carbocycles. The predicted molar refractivity (Wildman–Crippen MR) is 119 cm³/mol. The summed E-state index contributed by atoms with van der Waals surface area (Å²) >= 11 is 3.60. The van der Waals surface area contributed by atoms with E-state index in [4.69, 9.17) is 9.47 Å². The van der Waals surface area contributed by atoms with Gasteiger partial charge < -0.3 is 19.7 Å². The van der Waals surface area contributed by atoms with E-state index in [1.165, 1.54) is 5.56 Å². The highest BCUT2D eigenvalue weighted by Crippen LogP contribution is 2.35. The standard InChI is InChI=1S/C22H25BrN4O2/c1-27-8-4-3-5-9-29-17-11-18-21(20(12-17)28-2)24-14-25-22(18)26-19-10-16(23)7-6-15(19)13-27/h6-7,10-12,14H,3-5,8-9,13H2,1-2H3,(H,24,25,26). The van der Waals surface area contributed by atoms with Crippen molar-refractivity contribution in [1.29, 1.82) is 0 Å². The molecular formula is C22H25BrN4O2. The average Bonchev–Trinajstić information content (AvgIpc) is 2.72. The number of benzene rings is 2. The highest BCUT2D eigenvalue weighted by Gasteiger charge is 2.14. The fourth-order valence-corrected chi connectivity index (χ4v) is 3.96. The van der Waals surface area contributed by atoms with Gasteiger partial charge in [-0.1, -0.05) is 22.0 Å². The van der Waals surface area contributed by atoms with Gasteiger partial charge in [0, 0.05) is 22.8 Å². The van der Waals surface area contributed by atoms with E-state index >= 15 is 0 Å². The van der Waals surface area contributed by atoms with Crippen LogP contribution in [0.2, 0.25) is 0 Å². The summed E-state index contributed by atoms with van der Waals surface area (Å²) in [6, 6.07) is 10.2. The molecule has 7 heteroatoms. The molecule has 6 nitrogen and oxygen atoms in total. The van der Waals surface area contributed by atoms with E-state index in [2.05, 4.69) is 61.4 Å². The number of nitrogens with zero attached hydrogens (tertiary/aromatic N) is 3. The average molecular weight is 457 g/mol. The number of hydrogen-bond acceptors (Lipinski definition) is 6. The van der Waals surface area contributed by atoms with Gasteiger partial charge in [0.1, 0.15) is 29.2 Å². The van der Waals surface area contributed by atoms with Crippen LogP contribution in [0.25, 0.3) is 10.9 Å². The number of anilines is 2. The van der Waals surface area contributed by atoms with Crippen LogP contribution in [0.15, 0.2) is 41.1 Å². The van der Waals surface area contributed by atoms with Crippen molar-refractivity contribution in [3.8, 4) is 11.5 Å². The zero-order chi connectivity index (χ0) is 20.2. The van der Waals surface area contributed by atoms with Crippen LogP contribution in [0.5, 0.6) is 11.5 Å².